The van der Waals surface area contributed by atoms with Crippen LogP contribution in [0.3, 0.4) is 0 Å². The quantitative estimate of drug-likeness (QED) is 0.703. The summed E-state index contributed by atoms with van der Waals surface area (Å²) in [6.07, 6.45) is 5.17. The Morgan fingerprint density at radius 2 is 1.87 bits per heavy atom. The first-order valence-corrected chi connectivity index (χ1v) is 7.14. The van der Waals surface area contributed by atoms with Crippen LogP contribution in [0.1, 0.15) is 31.2 Å². The van der Waals surface area contributed by atoms with Crippen LogP contribution in [0.15, 0.2) is 30.3 Å². The highest BCUT2D eigenvalue weighted by molar-refractivity contribution is 7.99. The SMILES string of the molecule is ClC1CCCCC1SCc1ccccc1. The van der Waals surface area contributed by atoms with E-state index in [0.29, 0.717) is 10.6 Å². The first-order chi connectivity index (χ1) is 7.36. The molecular weight excluding hydrogens is 224 g/mol. The number of hydrogen-bond donors (Lipinski definition) is 0. The molecule has 0 nitrogen and oxygen atoms in total. The predicted octanol–water partition coefficient (Wildman–Crippen LogP) is 4.47. The average molecular weight is 241 g/mol. The van der Waals surface area contributed by atoms with E-state index < -0.39 is 0 Å². The molecule has 0 heterocycles. The van der Waals surface area contributed by atoms with Crippen molar-refractivity contribution in [2.45, 2.75) is 42.1 Å². The molecule has 0 bridgehead atoms. The van der Waals surface area contributed by atoms with Crippen molar-refractivity contribution in [2.24, 2.45) is 0 Å². The molecule has 82 valence electrons. The predicted molar refractivity (Wildman–Crippen MR) is 69.6 cm³/mol. The molecule has 2 rings (SSSR count). The number of thioether (sulfide) groups is 1. The fourth-order valence-electron chi connectivity index (χ4n) is 2.02. The molecule has 0 aromatic heterocycles. The molecular formula is C13H17ClS. The van der Waals surface area contributed by atoms with Crippen LogP contribution in [-0.2, 0) is 5.75 Å². The first-order valence-electron chi connectivity index (χ1n) is 5.66. The summed E-state index contributed by atoms with van der Waals surface area (Å²) in [5.41, 5.74) is 1.41. The molecule has 2 heteroatoms. The third-order valence-electron chi connectivity index (χ3n) is 2.93. The second-order valence-electron chi connectivity index (χ2n) is 4.14. The lowest BCUT2D eigenvalue weighted by Gasteiger charge is -2.26. The maximum atomic E-state index is 6.33. The second-order valence-corrected chi connectivity index (χ2v) is 5.92. The molecule has 1 aromatic rings. The van der Waals surface area contributed by atoms with Crippen LogP contribution in [-0.4, -0.2) is 10.6 Å². The van der Waals surface area contributed by atoms with Crippen LogP contribution >= 0.6 is 23.4 Å². The van der Waals surface area contributed by atoms with Crippen molar-refractivity contribution in [2.75, 3.05) is 0 Å². The molecule has 0 amide bonds. The standard InChI is InChI=1S/C13H17ClS/c14-12-8-4-5-9-13(12)15-10-11-6-2-1-3-7-11/h1-3,6-7,12-13H,4-5,8-10H2. The van der Waals surface area contributed by atoms with Gasteiger partial charge in [-0.15, -0.1) is 11.6 Å². The zero-order chi connectivity index (χ0) is 10.5. The molecule has 0 radical (unpaired) electrons. The van der Waals surface area contributed by atoms with E-state index >= 15 is 0 Å². The van der Waals surface area contributed by atoms with Crippen LogP contribution < -0.4 is 0 Å². The highest BCUT2D eigenvalue weighted by Crippen LogP contribution is 2.33. The van der Waals surface area contributed by atoms with Crippen molar-refractivity contribution in [3.05, 3.63) is 35.9 Å². The summed E-state index contributed by atoms with van der Waals surface area (Å²) < 4.78 is 0. The number of alkyl halides is 1. The number of halogens is 1. The van der Waals surface area contributed by atoms with E-state index in [9.17, 15) is 0 Å². The van der Waals surface area contributed by atoms with Crippen LogP contribution in [0.25, 0.3) is 0 Å². The second kappa shape index (κ2) is 5.81. The van der Waals surface area contributed by atoms with E-state index in [1.807, 2.05) is 11.8 Å². The summed E-state index contributed by atoms with van der Waals surface area (Å²) in [5.74, 6) is 1.11. The minimum absolute atomic E-state index is 0.396. The van der Waals surface area contributed by atoms with E-state index in [1.165, 1.54) is 31.2 Å². The van der Waals surface area contributed by atoms with Gasteiger partial charge in [-0.2, -0.15) is 11.8 Å². The minimum atomic E-state index is 0.396. The maximum Gasteiger partial charge on any atom is 0.0454 e. The van der Waals surface area contributed by atoms with Crippen LogP contribution in [0.4, 0.5) is 0 Å². The van der Waals surface area contributed by atoms with E-state index in [0.717, 1.165) is 5.75 Å². The van der Waals surface area contributed by atoms with Gasteiger partial charge < -0.3 is 0 Å². The van der Waals surface area contributed by atoms with Gasteiger partial charge in [-0.3, -0.25) is 0 Å². The minimum Gasteiger partial charge on any atom is -0.152 e. The van der Waals surface area contributed by atoms with Gasteiger partial charge in [-0.05, 0) is 18.4 Å². The Morgan fingerprint density at radius 1 is 1.13 bits per heavy atom. The highest BCUT2D eigenvalue weighted by atomic mass is 35.5. The number of hydrogen-bond acceptors (Lipinski definition) is 1. The summed E-state index contributed by atoms with van der Waals surface area (Å²) >= 11 is 8.35. The van der Waals surface area contributed by atoms with Gasteiger partial charge in [0.1, 0.15) is 0 Å². The average Bonchev–Trinajstić information content (AvgIpc) is 2.29. The molecule has 0 spiro atoms. The van der Waals surface area contributed by atoms with Crippen molar-refractivity contribution in [1.82, 2.24) is 0 Å². The van der Waals surface area contributed by atoms with E-state index in [-0.39, 0.29) is 0 Å². The van der Waals surface area contributed by atoms with Gasteiger partial charge in [-0.1, -0.05) is 43.2 Å². The Bertz CT molecular complexity index is 286. The van der Waals surface area contributed by atoms with E-state index in [1.54, 1.807) is 0 Å². The van der Waals surface area contributed by atoms with Gasteiger partial charge in [0.25, 0.3) is 0 Å². The third kappa shape index (κ3) is 3.42. The molecule has 2 atom stereocenters. The molecule has 2 unspecified atom stereocenters. The van der Waals surface area contributed by atoms with Crippen molar-refractivity contribution < 1.29 is 0 Å². The van der Waals surface area contributed by atoms with Crippen LogP contribution in [0, 0.1) is 0 Å². The molecule has 1 aliphatic carbocycles. The zero-order valence-electron chi connectivity index (χ0n) is 8.86. The molecule has 1 aromatic carbocycles. The van der Waals surface area contributed by atoms with Gasteiger partial charge >= 0.3 is 0 Å². The molecule has 0 N–H and O–H groups in total. The lowest BCUT2D eigenvalue weighted by Crippen LogP contribution is -2.22. The summed E-state index contributed by atoms with van der Waals surface area (Å²) in [7, 11) is 0. The lowest BCUT2D eigenvalue weighted by atomic mass is 10.00. The maximum absolute atomic E-state index is 6.33. The first kappa shape index (κ1) is 11.3. The Labute approximate surface area is 101 Å². The van der Waals surface area contributed by atoms with Gasteiger partial charge in [0, 0.05) is 16.4 Å². The molecule has 0 saturated heterocycles. The molecule has 1 aliphatic rings. The van der Waals surface area contributed by atoms with Gasteiger partial charge in [0.15, 0.2) is 0 Å². The Morgan fingerprint density at radius 3 is 2.60 bits per heavy atom. The van der Waals surface area contributed by atoms with Crippen molar-refractivity contribution in [3.63, 3.8) is 0 Å². The monoisotopic (exact) mass is 240 g/mol. The van der Waals surface area contributed by atoms with Crippen molar-refractivity contribution >= 4 is 23.4 Å². The summed E-state index contributed by atoms with van der Waals surface area (Å²) in [5, 5.41) is 1.06. The van der Waals surface area contributed by atoms with Crippen molar-refractivity contribution in [1.29, 1.82) is 0 Å². The van der Waals surface area contributed by atoms with Gasteiger partial charge in [-0.25, -0.2) is 0 Å². The van der Waals surface area contributed by atoms with Gasteiger partial charge in [0.05, 0.1) is 0 Å². The molecule has 0 aliphatic heterocycles. The Kier molecular flexibility index (Phi) is 4.40. The lowest BCUT2D eigenvalue weighted by molar-refractivity contribution is 0.522. The third-order valence-corrected chi connectivity index (χ3v) is 5.09. The summed E-state index contributed by atoms with van der Waals surface area (Å²) in [6, 6.07) is 10.7. The summed E-state index contributed by atoms with van der Waals surface area (Å²) in [4.78, 5) is 0. The van der Waals surface area contributed by atoms with Crippen LogP contribution in [0.5, 0.6) is 0 Å². The Balaban J connectivity index is 1.82. The van der Waals surface area contributed by atoms with E-state index in [2.05, 4.69) is 30.3 Å². The van der Waals surface area contributed by atoms with Crippen LogP contribution in [0.2, 0.25) is 0 Å². The fraction of sp³-hybridized carbons (Fsp3) is 0.538. The Hall–Kier alpha value is -0.140. The smallest absolute Gasteiger partial charge is 0.0454 e. The summed E-state index contributed by atoms with van der Waals surface area (Å²) in [6.45, 7) is 0. The molecule has 1 fully saturated rings. The van der Waals surface area contributed by atoms with Crippen molar-refractivity contribution in [3.8, 4) is 0 Å². The zero-order valence-corrected chi connectivity index (χ0v) is 10.4. The normalized spacial score (nSPS) is 26.5. The number of rotatable bonds is 3. The van der Waals surface area contributed by atoms with Gasteiger partial charge in [0.2, 0.25) is 0 Å². The molecule has 1 saturated carbocycles. The number of benzene rings is 1. The topological polar surface area (TPSA) is 0 Å². The largest absolute Gasteiger partial charge is 0.152 e. The van der Waals surface area contributed by atoms with E-state index in [4.69, 9.17) is 11.6 Å². The fourth-order valence-corrected chi connectivity index (χ4v) is 3.79. The molecule has 15 heavy (non-hydrogen) atoms. The highest BCUT2D eigenvalue weighted by Gasteiger charge is 2.23.